The van der Waals surface area contributed by atoms with Gasteiger partial charge in [0.15, 0.2) is 0 Å². The monoisotopic (exact) mass is 327 g/mol. The van der Waals surface area contributed by atoms with Gasteiger partial charge in [0.2, 0.25) is 5.91 Å². The highest BCUT2D eigenvalue weighted by Crippen LogP contribution is 2.23. The number of carbonyl (C=O) groups excluding carboxylic acids is 1. The Morgan fingerprint density at radius 2 is 1.83 bits per heavy atom. The van der Waals surface area contributed by atoms with Gasteiger partial charge in [-0.3, -0.25) is 4.79 Å². The molecule has 1 amide bonds. The molecule has 0 aromatic heterocycles. The Bertz CT molecular complexity index is 636. The highest BCUT2D eigenvalue weighted by atomic mass is 32.2. The molecule has 2 aromatic carbocycles. The molecule has 0 spiro atoms. The number of amides is 1. The van der Waals surface area contributed by atoms with Gasteiger partial charge in [-0.15, -0.1) is 11.8 Å². The zero-order valence-corrected chi connectivity index (χ0v) is 15.0. The van der Waals surface area contributed by atoms with E-state index in [1.165, 1.54) is 16.7 Å². The molecule has 0 fully saturated rings. The van der Waals surface area contributed by atoms with E-state index in [1.54, 1.807) is 11.8 Å². The van der Waals surface area contributed by atoms with Gasteiger partial charge in [-0.2, -0.15) is 0 Å². The molecule has 1 N–H and O–H groups in total. The van der Waals surface area contributed by atoms with Gasteiger partial charge in [-0.25, -0.2) is 0 Å². The summed E-state index contributed by atoms with van der Waals surface area (Å²) in [7, 11) is 0. The second kappa shape index (κ2) is 8.78. The van der Waals surface area contributed by atoms with E-state index in [0.29, 0.717) is 0 Å². The molecule has 0 saturated carbocycles. The molecule has 2 aromatic rings. The maximum atomic E-state index is 12.1. The van der Waals surface area contributed by atoms with Crippen LogP contribution < -0.4 is 5.32 Å². The van der Waals surface area contributed by atoms with E-state index >= 15 is 0 Å². The van der Waals surface area contributed by atoms with Gasteiger partial charge in [0, 0.05) is 11.4 Å². The van der Waals surface area contributed by atoms with Crippen LogP contribution in [0.1, 0.15) is 30.0 Å². The van der Waals surface area contributed by atoms with Crippen LogP contribution in [0.4, 0.5) is 0 Å². The third-order valence-electron chi connectivity index (χ3n) is 3.73. The van der Waals surface area contributed by atoms with E-state index < -0.39 is 0 Å². The lowest BCUT2D eigenvalue weighted by atomic mass is 10.1. The smallest absolute Gasteiger partial charge is 0.233 e. The lowest BCUT2D eigenvalue weighted by molar-refractivity contribution is -0.120. The summed E-state index contributed by atoms with van der Waals surface area (Å²) in [5.41, 5.74) is 3.86. The van der Waals surface area contributed by atoms with Crippen LogP contribution in [0.2, 0.25) is 0 Å². The van der Waals surface area contributed by atoms with Crippen LogP contribution in [-0.4, -0.2) is 17.7 Å². The zero-order valence-electron chi connectivity index (χ0n) is 14.1. The molecule has 0 bridgehead atoms. The quantitative estimate of drug-likeness (QED) is 0.598. The summed E-state index contributed by atoms with van der Waals surface area (Å²) in [4.78, 5) is 13.3. The molecule has 122 valence electrons. The first-order chi connectivity index (χ1) is 11.0. The van der Waals surface area contributed by atoms with Crippen molar-refractivity contribution in [3.8, 4) is 0 Å². The van der Waals surface area contributed by atoms with Crippen LogP contribution in [0.15, 0.2) is 53.4 Å². The lowest BCUT2D eigenvalue weighted by Gasteiger charge is -2.12. The summed E-state index contributed by atoms with van der Waals surface area (Å²) in [6.07, 6.45) is 1.97. The lowest BCUT2D eigenvalue weighted by Crippen LogP contribution is -2.31. The van der Waals surface area contributed by atoms with Crippen molar-refractivity contribution in [3.63, 3.8) is 0 Å². The Morgan fingerprint density at radius 3 is 2.52 bits per heavy atom. The number of carbonyl (C=O) groups is 1. The molecule has 1 atom stereocenters. The number of thioether (sulfide) groups is 1. The van der Waals surface area contributed by atoms with E-state index in [2.05, 4.69) is 67.7 Å². The largest absolute Gasteiger partial charge is 0.355 e. The maximum absolute atomic E-state index is 12.1. The second-order valence-electron chi connectivity index (χ2n) is 5.96. The summed E-state index contributed by atoms with van der Waals surface area (Å²) in [5.74, 6) is 0.111. The average Bonchev–Trinajstić information content (AvgIpc) is 2.53. The SMILES string of the molecule is Cc1ccc(S[C@@H](C)C(=O)NCCCc2cccc(C)c2)cc1. The maximum Gasteiger partial charge on any atom is 0.233 e. The van der Waals surface area contributed by atoms with Crippen molar-refractivity contribution < 1.29 is 4.79 Å². The van der Waals surface area contributed by atoms with Crippen LogP contribution in [0.25, 0.3) is 0 Å². The Morgan fingerprint density at radius 1 is 1.09 bits per heavy atom. The number of hydrogen-bond donors (Lipinski definition) is 1. The summed E-state index contributed by atoms with van der Waals surface area (Å²) < 4.78 is 0. The minimum atomic E-state index is -0.0725. The van der Waals surface area contributed by atoms with Crippen LogP contribution in [0.3, 0.4) is 0 Å². The first kappa shape index (κ1) is 17.6. The van der Waals surface area contributed by atoms with Gasteiger partial charge in [0.05, 0.1) is 5.25 Å². The summed E-state index contributed by atoms with van der Waals surface area (Å²) in [6, 6.07) is 16.8. The van der Waals surface area contributed by atoms with Crippen LogP contribution in [0.5, 0.6) is 0 Å². The van der Waals surface area contributed by atoms with Crippen LogP contribution in [-0.2, 0) is 11.2 Å². The van der Waals surface area contributed by atoms with Crippen molar-refractivity contribution in [1.82, 2.24) is 5.32 Å². The fourth-order valence-electron chi connectivity index (χ4n) is 2.39. The molecule has 0 aliphatic rings. The van der Waals surface area contributed by atoms with E-state index in [-0.39, 0.29) is 11.2 Å². The summed E-state index contributed by atoms with van der Waals surface area (Å²) >= 11 is 1.60. The predicted molar refractivity (Wildman–Crippen MR) is 99.0 cm³/mol. The molecule has 0 aliphatic carbocycles. The van der Waals surface area contributed by atoms with Gasteiger partial charge in [-0.1, -0.05) is 47.5 Å². The third kappa shape index (κ3) is 6.11. The molecular formula is C20H25NOS. The molecule has 3 heteroatoms. The third-order valence-corrected chi connectivity index (χ3v) is 4.84. The highest BCUT2D eigenvalue weighted by Gasteiger charge is 2.13. The van der Waals surface area contributed by atoms with Gasteiger partial charge in [0.25, 0.3) is 0 Å². The topological polar surface area (TPSA) is 29.1 Å². The number of hydrogen-bond acceptors (Lipinski definition) is 2. The van der Waals surface area contributed by atoms with Crippen LogP contribution in [0, 0.1) is 13.8 Å². The minimum Gasteiger partial charge on any atom is -0.355 e. The molecule has 0 unspecified atom stereocenters. The molecular weight excluding hydrogens is 302 g/mol. The summed E-state index contributed by atoms with van der Waals surface area (Å²) in [6.45, 7) is 6.86. The molecule has 0 heterocycles. The normalized spacial score (nSPS) is 12.0. The van der Waals surface area contributed by atoms with E-state index in [1.807, 2.05) is 6.92 Å². The molecule has 23 heavy (non-hydrogen) atoms. The van der Waals surface area contributed by atoms with Crippen molar-refractivity contribution in [2.45, 2.75) is 43.8 Å². The first-order valence-corrected chi connectivity index (χ1v) is 8.99. The molecule has 0 aliphatic heterocycles. The predicted octanol–water partition coefficient (Wildman–Crippen LogP) is 4.53. The Balaban J connectivity index is 1.70. The van der Waals surface area contributed by atoms with E-state index in [4.69, 9.17) is 0 Å². The second-order valence-corrected chi connectivity index (χ2v) is 7.37. The van der Waals surface area contributed by atoms with Gasteiger partial charge in [0.1, 0.15) is 0 Å². The van der Waals surface area contributed by atoms with Crippen molar-refractivity contribution in [2.24, 2.45) is 0 Å². The van der Waals surface area contributed by atoms with Crippen molar-refractivity contribution >= 4 is 17.7 Å². The van der Waals surface area contributed by atoms with E-state index in [9.17, 15) is 4.79 Å². The molecule has 0 radical (unpaired) electrons. The standard InChI is InChI=1S/C20H25NOS/c1-15-9-11-19(12-10-15)23-17(3)20(22)21-13-5-8-18-7-4-6-16(2)14-18/h4,6-7,9-12,14,17H,5,8,13H2,1-3H3,(H,21,22)/t17-/m0/s1. The molecule has 2 nitrogen and oxygen atoms in total. The van der Waals surface area contributed by atoms with Gasteiger partial charge >= 0.3 is 0 Å². The number of benzene rings is 2. The Kier molecular flexibility index (Phi) is 6.72. The molecule has 0 saturated heterocycles. The van der Waals surface area contributed by atoms with Gasteiger partial charge < -0.3 is 5.32 Å². The van der Waals surface area contributed by atoms with Crippen molar-refractivity contribution in [2.75, 3.05) is 6.54 Å². The van der Waals surface area contributed by atoms with Crippen molar-refractivity contribution in [1.29, 1.82) is 0 Å². The summed E-state index contributed by atoms with van der Waals surface area (Å²) in [5, 5.41) is 2.97. The van der Waals surface area contributed by atoms with E-state index in [0.717, 1.165) is 24.3 Å². The van der Waals surface area contributed by atoms with Crippen LogP contribution >= 0.6 is 11.8 Å². The number of nitrogens with one attached hydrogen (secondary N) is 1. The fourth-order valence-corrected chi connectivity index (χ4v) is 3.28. The number of aryl methyl sites for hydroxylation is 3. The fraction of sp³-hybridized carbons (Fsp3) is 0.350. The van der Waals surface area contributed by atoms with Crippen molar-refractivity contribution in [3.05, 3.63) is 65.2 Å². The minimum absolute atomic E-state index is 0.0725. The number of rotatable bonds is 7. The Hall–Kier alpha value is -1.74. The zero-order chi connectivity index (χ0) is 16.7. The highest BCUT2D eigenvalue weighted by molar-refractivity contribution is 8.00. The Labute approximate surface area is 143 Å². The molecule has 2 rings (SSSR count). The average molecular weight is 327 g/mol. The first-order valence-electron chi connectivity index (χ1n) is 8.11. The van der Waals surface area contributed by atoms with Gasteiger partial charge in [-0.05, 0) is 51.3 Å².